The summed E-state index contributed by atoms with van der Waals surface area (Å²) in [5.41, 5.74) is 3.77. The Morgan fingerprint density at radius 1 is 1.16 bits per heavy atom. The Morgan fingerprint density at radius 2 is 2.04 bits per heavy atom. The molecule has 2 aromatic carbocycles. The van der Waals surface area contributed by atoms with Crippen molar-refractivity contribution >= 4 is 11.6 Å². The Balaban J connectivity index is 1.62. The van der Waals surface area contributed by atoms with Gasteiger partial charge in [-0.1, -0.05) is 30.3 Å². The molecule has 0 spiro atoms. The van der Waals surface area contributed by atoms with Crippen molar-refractivity contribution in [2.24, 2.45) is 4.99 Å². The lowest BCUT2D eigenvalue weighted by Gasteiger charge is -2.22. The molecule has 0 aromatic heterocycles. The molecule has 25 heavy (non-hydrogen) atoms. The maximum atomic E-state index is 5.67. The molecule has 2 aromatic rings. The second-order valence-electron chi connectivity index (χ2n) is 5.92. The summed E-state index contributed by atoms with van der Waals surface area (Å²) in [5, 5.41) is 3.46. The second-order valence-corrected chi connectivity index (χ2v) is 5.92. The van der Waals surface area contributed by atoms with E-state index in [1.165, 1.54) is 11.3 Å². The highest BCUT2D eigenvalue weighted by Gasteiger charge is 2.22. The number of benzene rings is 2. The summed E-state index contributed by atoms with van der Waals surface area (Å²) in [6.45, 7) is 2.80. The van der Waals surface area contributed by atoms with Gasteiger partial charge in [0.15, 0.2) is 5.96 Å². The van der Waals surface area contributed by atoms with Crippen molar-refractivity contribution < 1.29 is 9.47 Å². The van der Waals surface area contributed by atoms with Crippen LogP contribution in [0.15, 0.2) is 53.5 Å². The van der Waals surface area contributed by atoms with E-state index >= 15 is 0 Å². The van der Waals surface area contributed by atoms with Crippen molar-refractivity contribution in [2.45, 2.75) is 13.0 Å². The Labute approximate surface area is 149 Å². The first-order chi connectivity index (χ1) is 12.3. The smallest absolute Gasteiger partial charge is 0.198 e. The fourth-order valence-corrected chi connectivity index (χ4v) is 3.02. The minimum atomic E-state index is 0.555. The van der Waals surface area contributed by atoms with Gasteiger partial charge in [0.1, 0.15) is 12.4 Å². The first-order valence-corrected chi connectivity index (χ1v) is 8.58. The fourth-order valence-electron chi connectivity index (χ4n) is 3.02. The van der Waals surface area contributed by atoms with E-state index in [0.29, 0.717) is 19.8 Å². The SMILES string of the molecule is CN=C(NCc1cccc(OCCOC)c1)N1CCc2ccccc21. The molecule has 1 heterocycles. The highest BCUT2D eigenvalue weighted by atomic mass is 16.5. The number of para-hydroxylation sites is 1. The van der Waals surface area contributed by atoms with Crippen LogP contribution in [0.2, 0.25) is 0 Å². The predicted octanol–water partition coefficient (Wildman–Crippen LogP) is 2.85. The van der Waals surface area contributed by atoms with Crippen LogP contribution in [0.25, 0.3) is 0 Å². The van der Waals surface area contributed by atoms with Crippen molar-refractivity contribution in [3.63, 3.8) is 0 Å². The maximum Gasteiger partial charge on any atom is 0.198 e. The summed E-state index contributed by atoms with van der Waals surface area (Å²) in [5.74, 6) is 1.76. The third-order valence-corrected chi connectivity index (χ3v) is 4.26. The van der Waals surface area contributed by atoms with E-state index in [1.54, 1.807) is 7.11 Å². The van der Waals surface area contributed by atoms with Gasteiger partial charge in [0.05, 0.1) is 6.61 Å². The number of aliphatic imine (C=N–C) groups is 1. The average Bonchev–Trinajstić information content (AvgIpc) is 3.07. The van der Waals surface area contributed by atoms with Crippen molar-refractivity contribution in [3.8, 4) is 5.75 Å². The van der Waals surface area contributed by atoms with Crippen molar-refractivity contribution in [1.82, 2.24) is 5.32 Å². The monoisotopic (exact) mass is 339 g/mol. The number of guanidine groups is 1. The standard InChI is InChI=1S/C20H25N3O2/c1-21-20(23-11-10-17-7-3-4-9-19(17)23)22-15-16-6-5-8-18(14-16)25-13-12-24-2/h3-9,14H,10-13,15H2,1-2H3,(H,21,22). The van der Waals surface area contributed by atoms with Crippen LogP contribution in [0, 0.1) is 0 Å². The van der Waals surface area contributed by atoms with Gasteiger partial charge in [-0.25, -0.2) is 0 Å². The van der Waals surface area contributed by atoms with E-state index in [1.807, 2.05) is 25.2 Å². The van der Waals surface area contributed by atoms with Crippen LogP contribution in [-0.2, 0) is 17.7 Å². The van der Waals surface area contributed by atoms with Crippen LogP contribution in [0.4, 0.5) is 5.69 Å². The lowest BCUT2D eigenvalue weighted by atomic mass is 10.2. The maximum absolute atomic E-state index is 5.67. The van der Waals surface area contributed by atoms with Crippen LogP contribution in [0.3, 0.4) is 0 Å². The third kappa shape index (κ3) is 4.31. The molecule has 3 rings (SSSR count). The van der Waals surface area contributed by atoms with Crippen LogP contribution in [-0.4, -0.2) is 39.9 Å². The molecule has 1 aliphatic rings. The normalized spacial score (nSPS) is 13.7. The first kappa shape index (κ1) is 17.3. The van der Waals surface area contributed by atoms with Gasteiger partial charge in [0.2, 0.25) is 0 Å². The number of ether oxygens (including phenoxy) is 2. The van der Waals surface area contributed by atoms with Gasteiger partial charge in [-0.2, -0.15) is 0 Å². The largest absolute Gasteiger partial charge is 0.491 e. The number of nitrogens with one attached hydrogen (secondary N) is 1. The summed E-state index contributed by atoms with van der Waals surface area (Å²) in [6.07, 6.45) is 1.06. The zero-order valence-corrected chi connectivity index (χ0v) is 14.9. The zero-order chi connectivity index (χ0) is 17.5. The van der Waals surface area contributed by atoms with Crippen LogP contribution >= 0.6 is 0 Å². The molecule has 5 nitrogen and oxygen atoms in total. The van der Waals surface area contributed by atoms with Crippen LogP contribution < -0.4 is 15.0 Å². The van der Waals surface area contributed by atoms with Crippen molar-refractivity contribution in [3.05, 3.63) is 59.7 Å². The van der Waals surface area contributed by atoms with Gasteiger partial charge in [-0.3, -0.25) is 4.99 Å². The van der Waals surface area contributed by atoms with Crippen LogP contribution in [0.1, 0.15) is 11.1 Å². The van der Waals surface area contributed by atoms with E-state index in [9.17, 15) is 0 Å². The number of anilines is 1. The number of rotatable bonds is 6. The molecular formula is C20H25N3O2. The molecule has 1 aliphatic heterocycles. The van der Waals surface area contributed by atoms with Gasteiger partial charge in [0.25, 0.3) is 0 Å². The first-order valence-electron chi connectivity index (χ1n) is 8.58. The molecule has 0 aliphatic carbocycles. The number of methoxy groups -OCH3 is 1. The molecule has 5 heteroatoms. The highest BCUT2D eigenvalue weighted by Crippen LogP contribution is 2.27. The Kier molecular flexibility index (Phi) is 5.90. The van der Waals surface area contributed by atoms with Gasteiger partial charge < -0.3 is 19.7 Å². The van der Waals surface area contributed by atoms with Crippen LogP contribution in [0.5, 0.6) is 5.75 Å². The quantitative estimate of drug-likeness (QED) is 0.499. The molecule has 0 amide bonds. The molecule has 0 atom stereocenters. The van der Waals surface area contributed by atoms with Crippen molar-refractivity contribution in [2.75, 3.05) is 38.8 Å². The minimum Gasteiger partial charge on any atom is -0.491 e. The second kappa shape index (κ2) is 8.53. The minimum absolute atomic E-state index is 0.555. The molecule has 0 fully saturated rings. The Bertz CT molecular complexity index is 730. The molecular weight excluding hydrogens is 314 g/mol. The third-order valence-electron chi connectivity index (χ3n) is 4.26. The summed E-state index contributed by atoms with van der Waals surface area (Å²) < 4.78 is 10.7. The predicted molar refractivity (Wildman–Crippen MR) is 102 cm³/mol. The Morgan fingerprint density at radius 3 is 2.88 bits per heavy atom. The van der Waals surface area contributed by atoms with Gasteiger partial charge >= 0.3 is 0 Å². The average molecular weight is 339 g/mol. The topological polar surface area (TPSA) is 46.1 Å². The number of hydrogen-bond donors (Lipinski definition) is 1. The van der Waals surface area contributed by atoms with E-state index < -0.39 is 0 Å². The summed E-state index contributed by atoms with van der Waals surface area (Å²) in [7, 11) is 3.50. The Hall–Kier alpha value is -2.53. The summed E-state index contributed by atoms with van der Waals surface area (Å²) in [6, 6.07) is 16.6. The number of nitrogens with zero attached hydrogens (tertiary/aromatic N) is 2. The molecule has 0 saturated carbocycles. The van der Waals surface area contributed by atoms with E-state index in [2.05, 4.69) is 45.5 Å². The summed E-state index contributed by atoms with van der Waals surface area (Å²) in [4.78, 5) is 6.70. The fraction of sp³-hybridized carbons (Fsp3) is 0.350. The molecule has 1 N–H and O–H groups in total. The lowest BCUT2D eigenvalue weighted by molar-refractivity contribution is 0.146. The lowest BCUT2D eigenvalue weighted by Crippen LogP contribution is -2.40. The van der Waals surface area contributed by atoms with Gasteiger partial charge in [-0.05, 0) is 35.7 Å². The van der Waals surface area contributed by atoms with E-state index in [0.717, 1.165) is 30.2 Å². The molecule has 132 valence electrons. The molecule has 0 bridgehead atoms. The van der Waals surface area contributed by atoms with E-state index in [4.69, 9.17) is 9.47 Å². The highest BCUT2D eigenvalue weighted by molar-refractivity contribution is 5.97. The van der Waals surface area contributed by atoms with Gasteiger partial charge in [0, 0.05) is 32.9 Å². The molecule has 0 radical (unpaired) electrons. The molecule has 0 unspecified atom stereocenters. The number of hydrogen-bond acceptors (Lipinski definition) is 3. The van der Waals surface area contributed by atoms with Crippen molar-refractivity contribution in [1.29, 1.82) is 0 Å². The zero-order valence-electron chi connectivity index (χ0n) is 14.9. The summed E-state index contributed by atoms with van der Waals surface area (Å²) >= 11 is 0. The van der Waals surface area contributed by atoms with Gasteiger partial charge in [-0.15, -0.1) is 0 Å². The number of fused-ring (bicyclic) bond motifs is 1. The molecule has 0 saturated heterocycles. The van der Waals surface area contributed by atoms with E-state index in [-0.39, 0.29) is 0 Å².